The van der Waals surface area contributed by atoms with Crippen LogP contribution in [0.1, 0.15) is 213 Å². The SMILES string of the molecule is CCCCCCCCCCCCCCCCCCCCCCC/C=C/C(O)C(CO)NC(=O)CCCCCCCCCC. The lowest BCUT2D eigenvalue weighted by Gasteiger charge is -2.20. The number of nitrogens with one attached hydrogen (secondary N) is 1. The van der Waals surface area contributed by atoms with Gasteiger partial charge in [0, 0.05) is 6.42 Å². The van der Waals surface area contributed by atoms with E-state index < -0.39 is 12.1 Å². The predicted octanol–water partition coefficient (Wildman–Crippen LogP) is 11.5. The van der Waals surface area contributed by atoms with Crippen molar-refractivity contribution in [3.63, 3.8) is 0 Å². The molecule has 3 N–H and O–H groups in total. The van der Waals surface area contributed by atoms with Gasteiger partial charge >= 0.3 is 0 Å². The molecule has 0 aromatic rings. The normalized spacial score (nSPS) is 13.1. The topological polar surface area (TPSA) is 69.6 Å². The number of allylic oxidation sites excluding steroid dienone is 1. The molecule has 2 unspecified atom stereocenters. The molecule has 0 aliphatic heterocycles. The fraction of sp³-hybridized carbons (Fsp3) is 0.923. The van der Waals surface area contributed by atoms with Crippen LogP contribution in [0.2, 0.25) is 0 Å². The molecule has 43 heavy (non-hydrogen) atoms. The molecule has 0 saturated heterocycles. The molecule has 0 bridgehead atoms. The second kappa shape index (κ2) is 35.6. The molecule has 1 amide bonds. The number of amides is 1. The minimum absolute atomic E-state index is 0.0678. The molecule has 0 aliphatic rings. The Morgan fingerprint density at radius 3 is 1.21 bits per heavy atom. The van der Waals surface area contributed by atoms with Gasteiger partial charge in [-0.3, -0.25) is 4.79 Å². The van der Waals surface area contributed by atoms with Gasteiger partial charge in [0.2, 0.25) is 5.91 Å². The van der Waals surface area contributed by atoms with E-state index in [1.807, 2.05) is 6.08 Å². The summed E-state index contributed by atoms with van der Waals surface area (Å²) < 4.78 is 0. The Balaban J connectivity index is 3.49. The van der Waals surface area contributed by atoms with E-state index in [4.69, 9.17) is 0 Å². The van der Waals surface area contributed by atoms with Gasteiger partial charge in [0.25, 0.3) is 0 Å². The van der Waals surface area contributed by atoms with Crippen LogP contribution in [0.3, 0.4) is 0 Å². The molecule has 0 spiro atoms. The Morgan fingerprint density at radius 1 is 0.535 bits per heavy atom. The Bertz CT molecular complexity index is 579. The van der Waals surface area contributed by atoms with Crippen LogP contribution >= 0.6 is 0 Å². The zero-order chi connectivity index (χ0) is 31.5. The zero-order valence-electron chi connectivity index (χ0n) is 29.2. The third kappa shape index (κ3) is 32.3. The highest BCUT2D eigenvalue weighted by Gasteiger charge is 2.17. The summed E-state index contributed by atoms with van der Waals surface area (Å²) in [4.78, 5) is 12.2. The van der Waals surface area contributed by atoms with E-state index in [9.17, 15) is 15.0 Å². The lowest BCUT2D eigenvalue weighted by molar-refractivity contribution is -0.123. The third-order valence-corrected chi connectivity index (χ3v) is 9.02. The van der Waals surface area contributed by atoms with Crippen LogP contribution in [0, 0.1) is 0 Å². The number of rotatable bonds is 35. The third-order valence-electron chi connectivity index (χ3n) is 9.02. The van der Waals surface area contributed by atoms with E-state index in [-0.39, 0.29) is 12.5 Å². The number of hydrogen-bond donors (Lipinski definition) is 3. The van der Waals surface area contributed by atoms with Gasteiger partial charge in [-0.15, -0.1) is 0 Å². The van der Waals surface area contributed by atoms with Crippen LogP contribution in [0.25, 0.3) is 0 Å². The number of aliphatic hydroxyl groups is 2. The van der Waals surface area contributed by atoms with Crippen LogP contribution in [-0.4, -0.2) is 34.9 Å². The van der Waals surface area contributed by atoms with Crippen LogP contribution in [0.5, 0.6) is 0 Å². The summed E-state index contributed by atoms with van der Waals surface area (Å²) in [5.41, 5.74) is 0. The maximum Gasteiger partial charge on any atom is 0.220 e. The highest BCUT2D eigenvalue weighted by molar-refractivity contribution is 5.76. The maximum atomic E-state index is 12.2. The van der Waals surface area contributed by atoms with Crippen LogP contribution in [0.4, 0.5) is 0 Å². The number of hydrogen-bond acceptors (Lipinski definition) is 3. The van der Waals surface area contributed by atoms with Gasteiger partial charge in [0.1, 0.15) is 0 Å². The standard InChI is InChI=1S/C39H77NO3/c1-3-5-7-9-11-13-14-15-16-17-18-19-20-21-22-23-24-25-26-27-28-30-32-34-38(42)37(36-41)40-39(43)35-33-31-29-12-10-8-6-4-2/h32,34,37-38,41-42H,3-31,33,35-36H2,1-2H3,(H,40,43)/b34-32+. The predicted molar refractivity (Wildman–Crippen MR) is 189 cm³/mol. The minimum Gasteiger partial charge on any atom is -0.394 e. The second-order valence-electron chi connectivity index (χ2n) is 13.4. The quantitative estimate of drug-likeness (QED) is 0.0496. The number of carbonyl (C=O) groups excluding carboxylic acids is 1. The maximum absolute atomic E-state index is 12.2. The van der Waals surface area contributed by atoms with E-state index in [0.717, 1.165) is 25.7 Å². The molecular formula is C39H77NO3. The summed E-state index contributed by atoms with van der Waals surface area (Å²) in [5.74, 6) is -0.0678. The molecule has 256 valence electrons. The van der Waals surface area contributed by atoms with Crippen molar-refractivity contribution >= 4 is 5.91 Å². The summed E-state index contributed by atoms with van der Waals surface area (Å²) in [7, 11) is 0. The minimum atomic E-state index is -0.831. The van der Waals surface area contributed by atoms with Crippen molar-refractivity contribution in [2.24, 2.45) is 0 Å². The molecule has 0 rings (SSSR count). The van der Waals surface area contributed by atoms with Crippen molar-refractivity contribution in [3.05, 3.63) is 12.2 Å². The second-order valence-corrected chi connectivity index (χ2v) is 13.4. The van der Waals surface area contributed by atoms with Gasteiger partial charge in [-0.2, -0.15) is 0 Å². The highest BCUT2D eigenvalue weighted by atomic mass is 16.3. The highest BCUT2D eigenvalue weighted by Crippen LogP contribution is 2.15. The Labute approximate surface area is 269 Å². The lowest BCUT2D eigenvalue weighted by atomic mass is 10.0. The van der Waals surface area contributed by atoms with Crippen LogP contribution in [0.15, 0.2) is 12.2 Å². The Kier molecular flexibility index (Phi) is 34.9. The van der Waals surface area contributed by atoms with Crippen molar-refractivity contribution < 1.29 is 15.0 Å². The van der Waals surface area contributed by atoms with E-state index in [1.165, 1.54) is 167 Å². The first-order valence-electron chi connectivity index (χ1n) is 19.4. The molecule has 0 radical (unpaired) electrons. The molecule has 0 aromatic heterocycles. The zero-order valence-corrected chi connectivity index (χ0v) is 29.2. The van der Waals surface area contributed by atoms with Gasteiger partial charge in [-0.05, 0) is 19.3 Å². The smallest absolute Gasteiger partial charge is 0.220 e. The van der Waals surface area contributed by atoms with Gasteiger partial charge < -0.3 is 15.5 Å². The van der Waals surface area contributed by atoms with Gasteiger partial charge in [-0.25, -0.2) is 0 Å². The summed E-state index contributed by atoms with van der Waals surface area (Å²) in [6.07, 6.45) is 43.2. The van der Waals surface area contributed by atoms with Gasteiger partial charge in [0.05, 0.1) is 18.8 Å². The van der Waals surface area contributed by atoms with Gasteiger partial charge in [0.15, 0.2) is 0 Å². The van der Waals surface area contributed by atoms with Crippen molar-refractivity contribution in [2.45, 2.75) is 225 Å². The fourth-order valence-corrected chi connectivity index (χ4v) is 6.00. The van der Waals surface area contributed by atoms with Gasteiger partial charge in [-0.1, -0.05) is 199 Å². The van der Waals surface area contributed by atoms with Crippen LogP contribution in [-0.2, 0) is 4.79 Å². The molecule has 2 atom stereocenters. The molecule has 4 heteroatoms. The lowest BCUT2D eigenvalue weighted by Crippen LogP contribution is -2.45. The number of carbonyl (C=O) groups is 1. The van der Waals surface area contributed by atoms with E-state index >= 15 is 0 Å². The first-order valence-corrected chi connectivity index (χ1v) is 19.4. The van der Waals surface area contributed by atoms with Crippen LogP contribution < -0.4 is 5.32 Å². The summed E-state index contributed by atoms with van der Waals surface area (Å²) >= 11 is 0. The molecule has 0 fully saturated rings. The van der Waals surface area contributed by atoms with Crippen molar-refractivity contribution in [1.29, 1.82) is 0 Å². The van der Waals surface area contributed by atoms with E-state index in [2.05, 4.69) is 19.2 Å². The van der Waals surface area contributed by atoms with Crippen molar-refractivity contribution in [2.75, 3.05) is 6.61 Å². The molecule has 4 nitrogen and oxygen atoms in total. The molecule has 0 aliphatic carbocycles. The summed E-state index contributed by atoms with van der Waals surface area (Å²) in [6.45, 7) is 4.28. The average Bonchev–Trinajstić information content (AvgIpc) is 3.01. The summed E-state index contributed by atoms with van der Waals surface area (Å²) in [6, 6.07) is -0.613. The van der Waals surface area contributed by atoms with Crippen molar-refractivity contribution in [3.8, 4) is 0 Å². The monoisotopic (exact) mass is 608 g/mol. The molecule has 0 heterocycles. The van der Waals surface area contributed by atoms with E-state index in [0.29, 0.717) is 6.42 Å². The van der Waals surface area contributed by atoms with E-state index in [1.54, 1.807) is 6.08 Å². The largest absolute Gasteiger partial charge is 0.394 e. The first kappa shape index (κ1) is 42.1. The fourth-order valence-electron chi connectivity index (χ4n) is 6.00. The number of aliphatic hydroxyl groups excluding tert-OH is 2. The Hall–Kier alpha value is -0.870. The molecule has 0 aromatic carbocycles. The average molecular weight is 608 g/mol. The summed E-state index contributed by atoms with van der Waals surface area (Å²) in [5, 5.41) is 22.8. The Morgan fingerprint density at radius 2 is 0.860 bits per heavy atom. The number of unbranched alkanes of at least 4 members (excludes halogenated alkanes) is 28. The molecule has 0 saturated carbocycles. The first-order chi connectivity index (χ1) is 21.2. The van der Waals surface area contributed by atoms with Crippen molar-refractivity contribution in [1.82, 2.24) is 5.32 Å². The molecular weight excluding hydrogens is 530 g/mol.